The molecule has 9 rings (SSSR count). The molecule has 0 saturated carbocycles. The third kappa shape index (κ3) is 8.18. The SMILES string of the molecule is COC(=O)N[C@@H](C(=O)N1CCCC1c1ncc(-c2cc3sc(-c4ccc(-c5cnc([C@@H]6CCCN6C(=O)[C@H](NC(=O)OC)c6ccccc6)[nH]5)cc4)cc3s2)[nH]1)c1ccccc1. The van der Waals surface area contributed by atoms with Gasteiger partial charge in [0.15, 0.2) is 0 Å². The van der Waals surface area contributed by atoms with Gasteiger partial charge in [0, 0.05) is 27.4 Å². The summed E-state index contributed by atoms with van der Waals surface area (Å²) in [5, 5.41) is 5.44. The number of imidazole rings is 2. The number of benzene rings is 3. The van der Waals surface area contributed by atoms with Crippen molar-refractivity contribution in [2.24, 2.45) is 0 Å². The fraction of sp³-hybridized carbons (Fsp3) is 0.261. The first-order chi connectivity index (χ1) is 30.3. The number of nitrogens with zero attached hydrogens (tertiary/aromatic N) is 4. The van der Waals surface area contributed by atoms with Gasteiger partial charge in [-0.25, -0.2) is 19.6 Å². The van der Waals surface area contributed by atoms with Crippen LogP contribution in [0.15, 0.2) is 109 Å². The van der Waals surface area contributed by atoms with E-state index in [0.29, 0.717) is 30.0 Å². The molecule has 4 atom stereocenters. The van der Waals surface area contributed by atoms with Gasteiger partial charge in [-0.3, -0.25) is 9.59 Å². The van der Waals surface area contributed by atoms with E-state index in [-0.39, 0.29) is 23.9 Å². The molecule has 2 saturated heterocycles. The van der Waals surface area contributed by atoms with Gasteiger partial charge in [0.25, 0.3) is 11.8 Å². The third-order valence-corrected chi connectivity index (χ3v) is 13.9. The number of hydrogen-bond donors (Lipinski definition) is 4. The van der Waals surface area contributed by atoms with Crippen LogP contribution in [-0.4, -0.2) is 81.0 Å². The maximum absolute atomic E-state index is 13.9. The second-order valence-electron chi connectivity index (χ2n) is 15.2. The Kier molecular flexibility index (Phi) is 11.6. The van der Waals surface area contributed by atoms with E-state index in [1.54, 1.807) is 32.5 Å². The number of aromatic nitrogens is 4. The Hall–Kier alpha value is -6.78. The van der Waals surface area contributed by atoms with Crippen LogP contribution in [0.25, 0.3) is 41.7 Å². The van der Waals surface area contributed by atoms with Crippen LogP contribution >= 0.6 is 22.7 Å². The second-order valence-corrected chi connectivity index (χ2v) is 17.4. The zero-order valence-corrected chi connectivity index (χ0v) is 35.6. The van der Waals surface area contributed by atoms with Gasteiger partial charge in [-0.2, -0.15) is 0 Å². The highest BCUT2D eigenvalue weighted by atomic mass is 32.1. The Bertz CT molecular complexity index is 2680. The van der Waals surface area contributed by atoms with Crippen molar-refractivity contribution in [2.75, 3.05) is 27.3 Å². The molecule has 14 nitrogen and oxygen atoms in total. The van der Waals surface area contributed by atoms with Gasteiger partial charge in [0.1, 0.15) is 23.7 Å². The van der Waals surface area contributed by atoms with Crippen molar-refractivity contribution in [3.8, 4) is 32.3 Å². The number of aromatic amines is 2. The van der Waals surface area contributed by atoms with E-state index in [9.17, 15) is 19.2 Å². The lowest BCUT2D eigenvalue weighted by molar-refractivity contribution is -0.135. The summed E-state index contributed by atoms with van der Waals surface area (Å²) in [5.74, 6) is 1.01. The number of methoxy groups -OCH3 is 2. The van der Waals surface area contributed by atoms with Crippen molar-refractivity contribution >= 4 is 56.1 Å². The number of carbonyl (C=O) groups is 4. The summed E-state index contributed by atoms with van der Waals surface area (Å²) >= 11 is 3.42. The van der Waals surface area contributed by atoms with Crippen LogP contribution < -0.4 is 10.6 Å². The fourth-order valence-electron chi connectivity index (χ4n) is 8.39. The summed E-state index contributed by atoms with van der Waals surface area (Å²) in [6.45, 7) is 1.11. The van der Waals surface area contributed by atoms with Crippen molar-refractivity contribution in [3.05, 3.63) is 132 Å². The van der Waals surface area contributed by atoms with Gasteiger partial charge in [0.2, 0.25) is 0 Å². The number of carbonyl (C=O) groups excluding carboxylic acids is 4. The maximum atomic E-state index is 13.9. The summed E-state index contributed by atoms with van der Waals surface area (Å²) in [7, 11) is 2.57. The zero-order valence-electron chi connectivity index (χ0n) is 34.0. The van der Waals surface area contributed by atoms with Gasteiger partial charge in [-0.1, -0.05) is 84.9 Å². The predicted octanol–water partition coefficient (Wildman–Crippen LogP) is 8.93. The van der Waals surface area contributed by atoms with E-state index >= 15 is 0 Å². The summed E-state index contributed by atoms with van der Waals surface area (Å²) in [4.78, 5) is 74.6. The summed E-state index contributed by atoms with van der Waals surface area (Å²) < 4.78 is 12.0. The number of ether oxygens (including phenoxy) is 2. The highest BCUT2D eigenvalue weighted by molar-refractivity contribution is 7.31. The Morgan fingerprint density at radius 1 is 0.629 bits per heavy atom. The van der Waals surface area contributed by atoms with E-state index in [0.717, 1.165) is 63.8 Å². The van der Waals surface area contributed by atoms with Crippen LogP contribution in [0.2, 0.25) is 0 Å². The molecule has 4 amide bonds. The Morgan fingerprint density at radius 2 is 1.08 bits per heavy atom. The monoisotopic (exact) mass is 868 g/mol. The molecule has 0 spiro atoms. The molecule has 3 aromatic carbocycles. The maximum Gasteiger partial charge on any atom is 0.407 e. The second kappa shape index (κ2) is 17.7. The number of alkyl carbamates (subject to hydrolysis) is 2. The number of fused-ring (bicyclic) bond motifs is 1. The average Bonchev–Trinajstić information content (AvgIpc) is 4.17. The number of likely N-dealkylation sites (tertiary alicyclic amines) is 2. The highest BCUT2D eigenvalue weighted by Crippen LogP contribution is 2.43. The Morgan fingerprint density at radius 3 is 1.60 bits per heavy atom. The van der Waals surface area contributed by atoms with Crippen LogP contribution in [0, 0.1) is 0 Å². The van der Waals surface area contributed by atoms with Crippen LogP contribution in [0.1, 0.15) is 72.6 Å². The first-order valence-electron chi connectivity index (χ1n) is 20.4. The molecule has 7 aromatic rings. The number of thiophene rings is 2. The van der Waals surface area contributed by atoms with Crippen LogP contribution in [0.3, 0.4) is 0 Å². The van der Waals surface area contributed by atoms with Gasteiger partial charge in [-0.05, 0) is 60.1 Å². The smallest absolute Gasteiger partial charge is 0.407 e. The number of hydrogen-bond acceptors (Lipinski definition) is 10. The molecule has 2 aliphatic rings. The summed E-state index contributed by atoms with van der Waals surface area (Å²) in [6, 6.07) is 28.9. The van der Waals surface area contributed by atoms with Crippen LogP contribution in [-0.2, 0) is 19.1 Å². The minimum absolute atomic E-state index is 0.206. The number of H-pyrrole nitrogens is 2. The van der Waals surface area contributed by atoms with Crippen molar-refractivity contribution in [1.29, 1.82) is 0 Å². The molecule has 6 heterocycles. The van der Waals surface area contributed by atoms with E-state index in [2.05, 4.69) is 57.0 Å². The summed E-state index contributed by atoms with van der Waals surface area (Å²) in [5.41, 5.74) is 5.19. The molecule has 2 fully saturated rings. The number of rotatable bonds is 11. The van der Waals surface area contributed by atoms with Crippen molar-refractivity contribution in [2.45, 2.75) is 49.9 Å². The lowest BCUT2D eigenvalue weighted by Gasteiger charge is -2.28. The topological polar surface area (TPSA) is 175 Å². The van der Waals surface area contributed by atoms with Gasteiger partial charge >= 0.3 is 12.2 Å². The summed E-state index contributed by atoms with van der Waals surface area (Å²) in [6.07, 6.45) is 5.46. The zero-order chi connectivity index (χ0) is 42.7. The fourth-order valence-corrected chi connectivity index (χ4v) is 10.8. The molecule has 316 valence electrons. The van der Waals surface area contributed by atoms with Gasteiger partial charge in [0.05, 0.1) is 55.0 Å². The Labute approximate surface area is 365 Å². The molecular formula is C46H44N8O6S2. The van der Waals surface area contributed by atoms with Crippen LogP contribution in [0.5, 0.6) is 0 Å². The highest BCUT2D eigenvalue weighted by Gasteiger charge is 2.38. The first kappa shape index (κ1) is 40.6. The predicted molar refractivity (Wildman–Crippen MR) is 237 cm³/mol. The third-order valence-electron chi connectivity index (χ3n) is 11.5. The lowest BCUT2D eigenvalue weighted by Crippen LogP contribution is -2.42. The van der Waals surface area contributed by atoms with Gasteiger partial charge < -0.3 is 39.9 Å². The molecule has 0 bridgehead atoms. The molecule has 0 radical (unpaired) electrons. The van der Waals surface area contributed by atoms with Crippen molar-refractivity contribution in [3.63, 3.8) is 0 Å². The molecule has 4 aromatic heterocycles. The first-order valence-corrected chi connectivity index (χ1v) is 22.1. The van der Waals surface area contributed by atoms with Crippen LogP contribution in [0.4, 0.5) is 9.59 Å². The van der Waals surface area contributed by atoms with Crippen molar-refractivity contribution < 1.29 is 28.7 Å². The van der Waals surface area contributed by atoms with E-state index < -0.39 is 24.3 Å². The largest absolute Gasteiger partial charge is 0.453 e. The molecule has 16 heteroatoms. The van der Waals surface area contributed by atoms with E-state index in [1.165, 1.54) is 23.6 Å². The normalized spacial score (nSPS) is 17.2. The lowest BCUT2D eigenvalue weighted by atomic mass is 10.1. The number of amides is 4. The minimum atomic E-state index is -0.880. The van der Waals surface area contributed by atoms with E-state index in [4.69, 9.17) is 19.4 Å². The number of nitrogens with one attached hydrogen (secondary N) is 4. The molecule has 2 aliphatic heterocycles. The van der Waals surface area contributed by atoms with E-state index in [1.807, 2.05) is 73.1 Å². The molecule has 1 unspecified atom stereocenters. The molecular weight excluding hydrogens is 825 g/mol. The molecule has 0 aliphatic carbocycles. The molecule has 62 heavy (non-hydrogen) atoms. The quantitative estimate of drug-likeness (QED) is 0.0997. The standard InChI is InChI=1S/C46H44N8O6S2/c1-59-45(57)51-39(29-11-5-3-6-12-29)43(55)53-21-9-15-33(53)41-47-25-31(49-41)27-17-19-28(20-18-27)35-23-37-38(61-35)24-36(62-37)32-26-48-42(50-32)34-16-10-22-54(34)44(56)40(52-46(58)60-2)30-13-7-4-8-14-30/h3-8,11-14,17-20,23-26,33-34,39-40H,9-10,15-16,21-22H2,1-2H3,(H,47,49)(H,48,50)(H,51,57)(H,52,58)/t33-,34?,39+,40+/m0/s1. The molecule has 4 N–H and O–H groups in total. The Balaban J connectivity index is 0.869. The minimum Gasteiger partial charge on any atom is -0.453 e. The average molecular weight is 869 g/mol. The van der Waals surface area contributed by atoms with Gasteiger partial charge in [-0.15, -0.1) is 22.7 Å². The van der Waals surface area contributed by atoms with Crippen molar-refractivity contribution in [1.82, 2.24) is 40.4 Å².